The van der Waals surface area contributed by atoms with Crippen molar-refractivity contribution in [2.75, 3.05) is 13.4 Å². The van der Waals surface area contributed by atoms with E-state index in [1.165, 1.54) is 43.3 Å². The molecule has 0 saturated heterocycles. The summed E-state index contributed by atoms with van der Waals surface area (Å²) in [6.07, 6.45) is 2.41. The van der Waals surface area contributed by atoms with Gasteiger partial charge in [0.25, 0.3) is 0 Å². The van der Waals surface area contributed by atoms with Gasteiger partial charge in [0.1, 0.15) is 11.6 Å². The van der Waals surface area contributed by atoms with Crippen LogP contribution < -0.4 is 4.74 Å². The summed E-state index contributed by atoms with van der Waals surface area (Å²) in [4.78, 5) is 20.4. The Kier molecular flexibility index (Phi) is 3.50. The molecule has 0 bridgehead atoms. The molecule has 21 heavy (non-hydrogen) atoms. The van der Waals surface area contributed by atoms with E-state index in [0.29, 0.717) is 27.7 Å². The van der Waals surface area contributed by atoms with Crippen LogP contribution in [0, 0.1) is 5.82 Å². The topological polar surface area (TPSA) is 61.3 Å². The number of hydrogen-bond acceptors (Lipinski definition) is 6. The van der Waals surface area contributed by atoms with E-state index in [2.05, 4.69) is 9.97 Å². The van der Waals surface area contributed by atoms with E-state index in [1.54, 1.807) is 0 Å². The van der Waals surface area contributed by atoms with Gasteiger partial charge in [-0.3, -0.25) is 0 Å². The zero-order chi connectivity index (χ0) is 15.0. The minimum absolute atomic E-state index is 0.394. The van der Waals surface area contributed by atoms with Crippen molar-refractivity contribution in [3.63, 3.8) is 0 Å². The van der Waals surface area contributed by atoms with Gasteiger partial charge < -0.3 is 9.47 Å². The highest BCUT2D eigenvalue weighted by atomic mass is 32.2. The van der Waals surface area contributed by atoms with E-state index in [1.807, 2.05) is 6.26 Å². The lowest BCUT2D eigenvalue weighted by molar-refractivity contribution is -0.149. The SMILES string of the molecule is COC(=O)C1Oc2ccc(F)cc2-c2nc(SC)ncc21. The second-order valence-electron chi connectivity index (χ2n) is 4.32. The molecule has 5 nitrogen and oxygen atoms in total. The van der Waals surface area contributed by atoms with Gasteiger partial charge in [-0.2, -0.15) is 0 Å². The second kappa shape index (κ2) is 5.33. The maximum atomic E-state index is 13.5. The fraction of sp³-hybridized carbons (Fsp3) is 0.214. The molecule has 2 aromatic rings. The van der Waals surface area contributed by atoms with E-state index < -0.39 is 17.9 Å². The molecular formula is C14H11FN2O3S. The third-order valence-electron chi connectivity index (χ3n) is 3.12. The number of aromatic nitrogens is 2. The van der Waals surface area contributed by atoms with Crippen LogP contribution >= 0.6 is 11.8 Å². The number of esters is 1. The number of carbonyl (C=O) groups excluding carboxylic acids is 1. The molecule has 1 aliphatic rings. The number of benzene rings is 1. The highest BCUT2D eigenvalue weighted by molar-refractivity contribution is 7.98. The lowest BCUT2D eigenvalue weighted by atomic mass is 9.99. The van der Waals surface area contributed by atoms with Gasteiger partial charge in [0, 0.05) is 17.3 Å². The van der Waals surface area contributed by atoms with Crippen LogP contribution in [0.2, 0.25) is 0 Å². The second-order valence-corrected chi connectivity index (χ2v) is 5.10. The predicted octanol–water partition coefficient (Wildman–Crippen LogP) is 2.61. The Hall–Kier alpha value is -2.15. The molecule has 0 saturated carbocycles. The number of carbonyl (C=O) groups is 1. The number of ether oxygens (including phenoxy) is 2. The van der Waals surface area contributed by atoms with Gasteiger partial charge in [-0.05, 0) is 24.5 Å². The molecule has 7 heteroatoms. The largest absolute Gasteiger partial charge is 0.473 e. The molecule has 108 valence electrons. The molecule has 1 unspecified atom stereocenters. The first-order valence-electron chi connectivity index (χ1n) is 6.09. The van der Waals surface area contributed by atoms with Crippen LogP contribution in [-0.4, -0.2) is 29.3 Å². The van der Waals surface area contributed by atoms with Crippen molar-refractivity contribution in [1.29, 1.82) is 0 Å². The Morgan fingerprint density at radius 2 is 2.29 bits per heavy atom. The predicted molar refractivity (Wildman–Crippen MR) is 74.6 cm³/mol. The molecule has 0 spiro atoms. The lowest BCUT2D eigenvalue weighted by Gasteiger charge is -2.26. The van der Waals surface area contributed by atoms with Crippen LogP contribution in [0.25, 0.3) is 11.3 Å². The Morgan fingerprint density at radius 3 is 3.00 bits per heavy atom. The zero-order valence-electron chi connectivity index (χ0n) is 11.3. The number of methoxy groups -OCH3 is 1. The Bertz CT molecular complexity index is 723. The minimum atomic E-state index is -0.945. The first-order chi connectivity index (χ1) is 10.1. The molecule has 0 radical (unpaired) electrons. The Morgan fingerprint density at radius 1 is 1.48 bits per heavy atom. The molecule has 1 aromatic carbocycles. The molecule has 1 aliphatic heterocycles. The number of halogens is 1. The maximum Gasteiger partial charge on any atom is 0.351 e. The standard InChI is InChI=1S/C14H11FN2O3S/c1-19-13(18)12-9-6-16-14(21-2)17-11(9)8-5-7(15)3-4-10(8)20-12/h3-6,12H,1-2H3. The van der Waals surface area contributed by atoms with Gasteiger partial charge >= 0.3 is 5.97 Å². The molecule has 2 heterocycles. The van der Waals surface area contributed by atoms with E-state index in [-0.39, 0.29) is 0 Å². The van der Waals surface area contributed by atoms with Crippen molar-refractivity contribution in [2.45, 2.75) is 11.3 Å². The van der Waals surface area contributed by atoms with Crippen molar-refractivity contribution < 1.29 is 18.7 Å². The van der Waals surface area contributed by atoms with Crippen molar-refractivity contribution in [2.24, 2.45) is 0 Å². The number of rotatable bonds is 2. The van der Waals surface area contributed by atoms with Gasteiger partial charge in [-0.1, -0.05) is 11.8 Å². The fourth-order valence-corrected chi connectivity index (χ4v) is 2.48. The van der Waals surface area contributed by atoms with Gasteiger partial charge in [0.2, 0.25) is 6.10 Å². The summed E-state index contributed by atoms with van der Waals surface area (Å²) in [5.41, 5.74) is 1.46. The smallest absolute Gasteiger partial charge is 0.351 e. The monoisotopic (exact) mass is 306 g/mol. The molecule has 0 amide bonds. The number of nitrogens with zero attached hydrogens (tertiary/aromatic N) is 2. The Balaban J connectivity index is 2.22. The van der Waals surface area contributed by atoms with E-state index in [0.717, 1.165) is 0 Å². The highest BCUT2D eigenvalue weighted by Gasteiger charge is 2.34. The van der Waals surface area contributed by atoms with E-state index >= 15 is 0 Å². The summed E-state index contributed by atoms with van der Waals surface area (Å²) in [7, 11) is 1.28. The van der Waals surface area contributed by atoms with Crippen molar-refractivity contribution in [3.05, 3.63) is 35.8 Å². The summed E-state index contributed by atoms with van der Waals surface area (Å²) >= 11 is 1.36. The third kappa shape index (κ3) is 2.33. The number of thioether (sulfide) groups is 1. The van der Waals surface area contributed by atoms with Crippen LogP contribution in [0.4, 0.5) is 4.39 Å². The maximum absolute atomic E-state index is 13.5. The van der Waals surface area contributed by atoms with E-state index in [9.17, 15) is 9.18 Å². The van der Waals surface area contributed by atoms with Crippen molar-refractivity contribution >= 4 is 17.7 Å². The van der Waals surface area contributed by atoms with Gasteiger partial charge in [0.05, 0.1) is 12.8 Å². The molecular weight excluding hydrogens is 295 g/mol. The molecule has 0 N–H and O–H groups in total. The Labute approximate surface area is 124 Å². The van der Waals surface area contributed by atoms with Gasteiger partial charge in [-0.25, -0.2) is 19.2 Å². The van der Waals surface area contributed by atoms with Crippen LogP contribution in [0.5, 0.6) is 5.75 Å². The normalized spacial score (nSPS) is 15.7. The number of hydrogen-bond donors (Lipinski definition) is 0. The molecule has 0 aliphatic carbocycles. The highest BCUT2D eigenvalue weighted by Crippen LogP contribution is 2.42. The summed E-state index contributed by atoms with van der Waals surface area (Å²) in [6.45, 7) is 0. The summed E-state index contributed by atoms with van der Waals surface area (Å²) in [5, 5.41) is 0.537. The quantitative estimate of drug-likeness (QED) is 0.483. The van der Waals surface area contributed by atoms with E-state index in [4.69, 9.17) is 9.47 Å². The number of fused-ring (bicyclic) bond motifs is 3. The molecule has 1 atom stereocenters. The van der Waals surface area contributed by atoms with Crippen LogP contribution in [0.15, 0.2) is 29.6 Å². The van der Waals surface area contributed by atoms with Crippen LogP contribution in [0.3, 0.4) is 0 Å². The summed E-state index contributed by atoms with van der Waals surface area (Å²) in [5.74, 6) is -0.555. The van der Waals surface area contributed by atoms with Gasteiger partial charge in [0.15, 0.2) is 5.16 Å². The minimum Gasteiger partial charge on any atom is -0.473 e. The summed E-state index contributed by atoms with van der Waals surface area (Å²) in [6, 6.07) is 4.08. The molecule has 3 rings (SSSR count). The first kappa shape index (κ1) is 13.8. The third-order valence-corrected chi connectivity index (χ3v) is 3.68. The average Bonchev–Trinajstić information content (AvgIpc) is 2.53. The molecule has 0 fully saturated rings. The van der Waals surface area contributed by atoms with Crippen molar-refractivity contribution in [3.8, 4) is 17.0 Å². The van der Waals surface area contributed by atoms with Crippen LogP contribution in [-0.2, 0) is 9.53 Å². The fourth-order valence-electron chi connectivity index (χ4n) is 2.14. The zero-order valence-corrected chi connectivity index (χ0v) is 12.1. The lowest BCUT2D eigenvalue weighted by Crippen LogP contribution is -2.24. The first-order valence-corrected chi connectivity index (χ1v) is 7.32. The van der Waals surface area contributed by atoms with Gasteiger partial charge in [-0.15, -0.1) is 0 Å². The van der Waals surface area contributed by atoms with Crippen molar-refractivity contribution in [1.82, 2.24) is 9.97 Å². The van der Waals surface area contributed by atoms with Crippen LogP contribution in [0.1, 0.15) is 11.7 Å². The summed E-state index contributed by atoms with van der Waals surface area (Å²) < 4.78 is 23.9. The average molecular weight is 306 g/mol. The molecule has 1 aromatic heterocycles.